The lowest BCUT2D eigenvalue weighted by molar-refractivity contribution is 0.0694. The quantitative estimate of drug-likeness (QED) is 0.697. The van der Waals surface area contributed by atoms with Gasteiger partial charge in [0.2, 0.25) is 0 Å². The summed E-state index contributed by atoms with van der Waals surface area (Å²) in [6.45, 7) is 5.88. The number of carboxylic acids is 1. The van der Waals surface area contributed by atoms with Crippen molar-refractivity contribution >= 4 is 11.9 Å². The minimum atomic E-state index is -1.11. The van der Waals surface area contributed by atoms with Gasteiger partial charge in [0.05, 0.1) is 11.4 Å². The van der Waals surface area contributed by atoms with Crippen molar-refractivity contribution in [1.82, 2.24) is 15.1 Å². The average Bonchev–Trinajstić information content (AvgIpc) is 3.22. The molecule has 0 bridgehead atoms. The van der Waals surface area contributed by atoms with Crippen LogP contribution in [0, 0.1) is 13.8 Å². The van der Waals surface area contributed by atoms with Gasteiger partial charge in [-0.05, 0) is 26.0 Å². The molecule has 0 atom stereocenters. The second-order valence-corrected chi connectivity index (χ2v) is 6.19. The number of aromatic carboxylic acids is 1. The fourth-order valence-corrected chi connectivity index (χ4v) is 2.99. The van der Waals surface area contributed by atoms with Crippen LogP contribution in [-0.2, 0) is 13.0 Å². The van der Waals surface area contributed by atoms with Crippen molar-refractivity contribution in [1.29, 1.82) is 0 Å². The number of nitrogens with one attached hydrogen (secondary N) is 1. The Labute approximate surface area is 156 Å². The van der Waals surface area contributed by atoms with Gasteiger partial charge < -0.3 is 14.8 Å². The maximum atomic E-state index is 12.4. The summed E-state index contributed by atoms with van der Waals surface area (Å²) >= 11 is 0. The lowest BCUT2D eigenvalue weighted by Gasteiger charge is -2.06. The first-order valence-corrected chi connectivity index (χ1v) is 8.67. The van der Waals surface area contributed by atoms with Gasteiger partial charge in [-0.15, -0.1) is 0 Å². The summed E-state index contributed by atoms with van der Waals surface area (Å²) < 4.78 is 7.23. The van der Waals surface area contributed by atoms with Gasteiger partial charge in [-0.1, -0.05) is 25.1 Å². The Bertz CT molecular complexity index is 986. The smallest absolute Gasteiger partial charge is 0.339 e. The summed E-state index contributed by atoms with van der Waals surface area (Å²) in [5, 5.41) is 16.5. The number of amides is 1. The van der Waals surface area contributed by atoms with Crippen molar-refractivity contribution < 1.29 is 19.1 Å². The third kappa shape index (κ3) is 3.62. The molecule has 7 nitrogen and oxygen atoms in total. The predicted octanol–water partition coefficient (Wildman–Crippen LogP) is 3.27. The fourth-order valence-electron chi connectivity index (χ4n) is 2.99. The van der Waals surface area contributed by atoms with E-state index in [1.807, 2.05) is 48.9 Å². The third-order valence-electron chi connectivity index (χ3n) is 4.45. The zero-order valence-corrected chi connectivity index (χ0v) is 15.4. The lowest BCUT2D eigenvalue weighted by Crippen LogP contribution is -2.23. The molecule has 2 N–H and O–H groups in total. The van der Waals surface area contributed by atoms with E-state index in [1.54, 1.807) is 6.92 Å². The van der Waals surface area contributed by atoms with E-state index in [1.165, 1.54) is 6.07 Å². The molecule has 140 valence electrons. The second-order valence-electron chi connectivity index (χ2n) is 6.19. The SMILES string of the molecule is CCc1oc(C(=O)NCc2c(C)nn(-c3ccccc3)c2C)cc1C(=O)O. The molecule has 0 spiro atoms. The summed E-state index contributed by atoms with van der Waals surface area (Å²) in [6.07, 6.45) is 0.400. The van der Waals surface area contributed by atoms with E-state index in [9.17, 15) is 14.7 Å². The maximum absolute atomic E-state index is 12.4. The molecular weight excluding hydrogens is 346 g/mol. The van der Waals surface area contributed by atoms with Crippen LogP contribution in [0.25, 0.3) is 5.69 Å². The van der Waals surface area contributed by atoms with E-state index in [0.29, 0.717) is 6.42 Å². The predicted molar refractivity (Wildman–Crippen MR) is 99.3 cm³/mol. The highest BCUT2D eigenvalue weighted by molar-refractivity contribution is 5.96. The van der Waals surface area contributed by atoms with Crippen LogP contribution in [0.3, 0.4) is 0 Å². The van der Waals surface area contributed by atoms with Crippen molar-refractivity contribution in [3.05, 3.63) is 70.4 Å². The molecule has 1 aromatic carbocycles. The highest BCUT2D eigenvalue weighted by Gasteiger charge is 2.21. The monoisotopic (exact) mass is 367 g/mol. The van der Waals surface area contributed by atoms with Gasteiger partial charge in [0.1, 0.15) is 11.3 Å². The van der Waals surface area contributed by atoms with E-state index in [0.717, 1.165) is 22.6 Å². The topological polar surface area (TPSA) is 97.4 Å². The van der Waals surface area contributed by atoms with Crippen LogP contribution in [0.4, 0.5) is 0 Å². The molecule has 1 amide bonds. The van der Waals surface area contributed by atoms with E-state index in [2.05, 4.69) is 10.4 Å². The Hall–Kier alpha value is -3.35. The van der Waals surface area contributed by atoms with Crippen LogP contribution >= 0.6 is 0 Å². The van der Waals surface area contributed by atoms with Gasteiger partial charge in [-0.3, -0.25) is 4.79 Å². The third-order valence-corrected chi connectivity index (χ3v) is 4.45. The molecular formula is C20H21N3O4. The number of carbonyl (C=O) groups is 2. The number of hydrogen-bond donors (Lipinski definition) is 2. The average molecular weight is 367 g/mol. The largest absolute Gasteiger partial charge is 0.478 e. The Morgan fingerprint density at radius 3 is 2.52 bits per heavy atom. The number of furan rings is 1. The molecule has 7 heteroatoms. The fraction of sp³-hybridized carbons (Fsp3) is 0.250. The van der Waals surface area contributed by atoms with Gasteiger partial charge in [0.15, 0.2) is 5.76 Å². The van der Waals surface area contributed by atoms with Gasteiger partial charge in [0.25, 0.3) is 5.91 Å². The summed E-state index contributed by atoms with van der Waals surface area (Å²) in [5.74, 6) is -1.28. The van der Waals surface area contributed by atoms with Gasteiger partial charge in [0, 0.05) is 30.3 Å². The van der Waals surface area contributed by atoms with Crippen molar-refractivity contribution in [2.24, 2.45) is 0 Å². The summed E-state index contributed by atoms with van der Waals surface area (Å²) in [6, 6.07) is 11.0. The zero-order valence-electron chi connectivity index (χ0n) is 15.4. The molecule has 0 aliphatic heterocycles. The van der Waals surface area contributed by atoms with E-state index >= 15 is 0 Å². The van der Waals surface area contributed by atoms with Gasteiger partial charge >= 0.3 is 5.97 Å². The maximum Gasteiger partial charge on any atom is 0.339 e. The summed E-state index contributed by atoms with van der Waals surface area (Å²) in [7, 11) is 0. The molecule has 3 rings (SSSR count). The lowest BCUT2D eigenvalue weighted by atomic mass is 10.2. The second kappa shape index (κ2) is 7.49. The minimum absolute atomic E-state index is 0.00462. The number of aromatic nitrogens is 2. The molecule has 0 saturated heterocycles. The van der Waals surface area contributed by atoms with Crippen LogP contribution in [0.15, 0.2) is 40.8 Å². The number of carboxylic acid groups (broad SMARTS) is 1. The molecule has 0 unspecified atom stereocenters. The Kier molecular flexibility index (Phi) is 5.12. The first kappa shape index (κ1) is 18.4. The first-order valence-electron chi connectivity index (χ1n) is 8.67. The zero-order chi connectivity index (χ0) is 19.6. The standard InChI is InChI=1S/C20H21N3O4/c1-4-17-15(20(25)26)10-18(27-17)19(24)21-11-16-12(2)22-23(13(16)3)14-8-6-5-7-9-14/h5-10H,4,11H2,1-3H3,(H,21,24)(H,25,26). The van der Waals surface area contributed by atoms with Crippen molar-refractivity contribution in [2.45, 2.75) is 33.7 Å². The highest BCUT2D eigenvalue weighted by atomic mass is 16.4. The number of benzene rings is 1. The molecule has 3 aromatic rings. The Balaban J connectivity index is 1.78. The number of rotatable bonds is 6. The van der Waals surface area contributed by atoms with Gasteiger partial charge in [-0.25, -0.2) is 9.48 Å². The molecule has 2 aromatic heterocycles. The molecule has 27 heavy (non-hydrogen) atoms. The van der Waals surface area contributed by atoms with Crippen LogP contribution < -0.4 is 5.32 Å². The molecule has 0 radical (unpaired) electrons. The molecule has 0 saturated carbocycles. The first-order chi connectivity index (χ1) is 12.9. The van der Waals surface area contributed by atoms with Crippen LogP contribution in [0.5, 0.6) is 0 Å². The van der Waals surface area contributed by atoms with Crippen molar-refractivity contribution in [3.63, 3.8) is 0 Å². The van der Waals surface area contributed by atoms with Crippen molar-refractivity contribution in [2.75, 3.05) is 0 Å². The number of hydrogen-bond acceptors (Lipinski definition) is 4. The molecule has 0 fully saturated rings. The number of aryl methyl sites for hydroxylation is 2. The molecule has 0 aliphatic rings. The molecule has 0 aliphatic carbocycles. The minimum Gasteiger partial charge on any atom is -0.478 e. The normalized spacial score (nSPS) is 10.8. The molecule has 2 heterocycles. The number of para-hydroxylation sites is 1. The van der Waals surface area contributed by atoms with E-state index in [-0.39, 0.29) is 23.6 Å². The van der Waals surface area contributed by atoms with Crippen LogP contribution in [0.1, 0.15) is 50.5 Å². The summed E-state index contributed by atoms with van der Waals surface area (Å²) in [5.41, 5.74) is 3.62. The van der Waals surface area contributed by atoms with Crippen LogP contribution in [-0.4, -0.2) is 26.8 Å². The van der Waals surface area contributed by atoms with Crippen LogP contribution in [0.2, 0.25) is 0 Å². The van der Waals surface area contributed by atoms with Crippen molar-refractivity contribution in [3.8, 4) is 5.69 Å². The highest BCUT2D eigenvalue weighted by Crippen LogP contribution is 2.19. The van der Waals surface area contributed by atoms with E-state index < -0.39 is 11.9 Å². The van der Waals surface area contributed by atoms with E-state index in [4.69, 9.17) is 4.42 Å². The number of carbonyl (C=O) groups excluding carboxylic acids is 1. The number of nitrogens with zero attached hydrogens (tertiary/aromatic N) is 2. The Morgan fingerprint density at radius 1 is 1.22 bits per heavy atom. The Morgan fingerprint density at radius 2 is 1.93 bits per heavy atom. The summed E-state index contributed by atoms with van der Waals surface area (Å²) in [4.78, 5) is 23.6. The van der Waals surface area contributed by atoms with Gasteiger partial charge in [-0.2, -0.15) is 5.10 Å².